The quantitative estimate of drug-likeness (QED) is 0.717. The molecule has 0 amide bonds. The van der Waals surface area contributed by atoms with Gasteiger partial charge in [0.1, 0.15) is 0 Å². The zero-order chi connectivity index (χ0) is 15.4. The molecule has 0 bridgehead atoms. The molecule has 1 aromatic heterocycles. The Morgan fingerprint density at radius 1 is 1.36 bits per heavy atom. The van der Waals surface area contributed by atoms with Gasteiger partial charge in [-0.1, -0.05) is 17.7 Å². The molecule has 3 rings (SSSR count). The molecule has 1 aliphatic rings. The van der Waals surface area contributed by atoms with Crippen molar-refractivity contribution in [1.29, 1.82) is 0 Å². The summed E-state index contributed by atoms with van der Waals surface area (Å²) in [7, 11) is 0. The van der Waals surface area contributed by atoms with Crippen LogP contribution in [0.5, 0.6) is 0 Å². The van der Waals surface area contributed by atoms with E-state index in [4.69, 9.17) is 11.6 Å². The zero-order valence-electron chi connectivity index (χ0n) is 12.9. The summed E-state index contributed by atoms with van der Waals surface area (Å²) in [5.41, 5.74) is 8.70. The van der Waals surface area contributed by atoms with Gasteiger partial charge in [0.05, 0.1) is 5.52 Å². The molecule has 0 spiro atoms. The van der Waals surface area contributed by atoms with Crippen molar-refractivity contribution in [1.82, 2.24) is 21.2 Å². The lowest BCUT2D eigenvalue weighted by molar-refractivity contribution is 0.439. The van der Waals surface area contributed by atoms with Crippen LogP contribution in [0.2, 0.25) is 5.02 Å². The Morgan fingerprint density at radius 3 is 3.09 bits per heavy atom. The number of hydrogen-bond acceptors (Lipinski definition) is 4. The molecule has 0 saturated carbocycles. The maximum absolute atomic E-state index is 6.23. The number of rotatable bonds is 6. The van der Waals surface area contributed by atoms with Crippen LogP contribution >= 0.6 is 11.6 Å². The van der Waals surface area contributed by atoms with Gasteiger partial charge in [0.15, 0.2) is 0 Å². The molecular weight excluding hydrogens is 296 g/mol. The SMILES string of the molecule is CC1NNCC1CCCNCc1ccc(Cl)c2cccnc12. The molecule has 2 heterocycles. The Balaban J connectivity index is 1.51. The van der Waals surface area contributed by atoms with Gasteiger partial charge in [0.25, 0.3) is 0 Å². The van der Waals surface area contributed by atoms with Crippen LogP contribution in [0.1, 0.15) is 25.3 Å². The number of hydrazine groups is 1. The first-order valence-corrected chi connectivity index (χ1v) is 8.34. The molecule has 22 heavy (non-hydrogen) atoms. The van der Waals surface area contributed by atoms with E-state index >= 15 is 0 Å². The first-order chi connectivity index (χ1) is 10.8. The number of halogens is 1. The van der Waals surface area contributed by atoms with Crippen molar-refractivity contribution in [2.75, 3.05) is 13.1 Å². The summed E-state index contributed by atoms with van der Waals surface area (Å²) >= 11 is 6.23. The fraction of sp³-hybridized carbons (Fsp3) is 0.471. The zero-order valence-corrected chi connectivity index (χ0v) is 13.7. The first kappa shape index (κ1) is 15.7. The fourth-order valence-corrected chi connectivity index (χ4v) is 3.26. The standard InChI is InChI=1S/C17H23ClN4/c1-12-13(11-21-22-12)4-2-8-19-10-14-6-7-16(18)15-5-3-9-20-17(14)15/h3,5-7,9,12-13,19,21-22H,2,4,8,10-11H2,1H3. The van der Waals surface area contributed by atoms with Gasteiger partial charge in [-0.2, -0.15) is 0 Å². The predicted octanol–water partition coefficient (Wildman–Crippen LogP) is 2.87. The number of benzene rings is 1. The Hall–Kier alpha value is -1.20. The molecule has 1 fully saturated rings. The van der Waals surface area contributed by atoms with Crippen LogP contribution in [-0.2, 0) is 6.54 Å². The second-order valence-electron chi connectivity index (χ2n) is 6.00. The lowest BCUT2D eigenvalue weighted by Crippen LogP contribution is -2.28. The van der Waals surface area contributed by atoms with Crippen molar-refractivity contribution < 1.29 is 0 Å². The average Bonchev–Trinajstić information content (AvgIpc) is 2.95. The largest absolute Gasteiger partial charge is 0.313 e. The fourth-order valence-electron chi connectivity index (χ4n) is 3.05. The van der Waals surface area contributed by atoms with Crippen molar-refractivity contribution in [3.63, 3.8) is 0 Å². The normalized spacial score (nSPS) is 21.5. The molecule has 3 N–H and O–H groups in total. The molecular formula is C17H23ClN4. The summed E-state index contributed by atoms with van der Waals surface area (Å²) in [5.74, 6) is 0.736. The molecule has 2 unspecified atom stereocenters. The highest BCUT2D eigenvalue weighted by molar-refractivity contribution is 6.35. The van der Waals surface area contributed by atoms with E-state index in [1.165, 1.54) is 18.4 Å². The molecule has 2 atom stereocenters. The molecule has 1 aromatic carbocycles. The lowest BCUT2D eigenvalue weighted by atomic mass is 9.98. The second kappa shape index (κ2) is 7.38. The van der Waals surface area contributed by atoms with E-state index in [2.05, 4.69) is 34.1 Å². The molecule has 0 aliphatic carbocycles. The number of aromatic nitrogens is 1. The van der Waals surface area contributed by atoms with Crippen LogP contribution in [0.25, 0.3) is 10.9 Å². The molecule has 5 heteroatoms. The molecule has 0 radical (unpaired) electrons. The maximum atomic E-state index is 6.23. The summed E-state index contributed by atoms with van der Waals surface area (Å²) in [6.45, 7) is 5.18. The smallest absolute Gasteiger partial charge is 0.0761 e. The van der Waals surface area contributed by atoms with Crippen molar-refractivity contribution in [2.24, 2.45) is 5.92 Å². The minimum Gasteiger partial charge on any atom is -0.313 e. The van der Waals surface area contributed by atoms with Gasteiger partial charge >= 0.3 is 0 Å². The van der Waals surface area contributed by atoms with E-state index in [1.54, 1.807) is 0 Å². The monoisotopic (exact) mass is 318 g/mol. The number of pyridine rings is 1. The van der Waals surface area contributed by atoms with Crippen LogP contribution in [0, 0.1) is 5.92 Å². The van der Waals surface area contributed by atoms with Gasteiger partial charge in [-0.25, -0.2) is 0 Å². The van der Waals surface area contributed by atoms with E-state index in [1.807, 2.05) is 24.4 Å². The molecule has 1 aliphatic heterocycles. The van der Waals surface area contributed by atoms with Crippen LogP contribution in [-0.4, -0.2) is 24.1 Å². The summed E-state index contributed by atoms with van der Waals surface area (Å²) < 4.78 is 0. The highest BCUT2D eigenvalue weighted by Gasteiger charge is 2.21. The molecule has 4 nitrogen and oxygen atoms in total. The minimum atomic E-state index is 0.574. The Morgan fingerprint density at radius 2 is 2.27 bits per heavy atom. The van der Waals surface area contributed by atoms with Gasteiger partial charge in [0.2, 0.25) is 0 Å². The van der Waals surface area contributed by atoms with Crippen LogP contribution < -0.4 is 16.2 Å². The molecule has 118 valence electrons. The Bertz CT molecular complexity index is 631. The van der Waals surface area contributed by atoms with Crippen molar-refractivity contribution >= 4 is 22.5 Å². The maximum Gasteiger partial charge on any atom is 0.0761 e. The summed E-state index contributed by atoms with van der Waals surface area (Å²) in [6, 6.07) is 8.55. The predicted molar refractivity (Wildman–Crippen MR) is 91.8 cm³/mol. The van der Waals surface area contributed by atoms with Crippen LogP contribution in [0.15, 0.2) is 30.5 Å². The van der Waals surface area contributed by atoms with Gasteiger partial charge in [-0.3, -0.25) is 15.8 Å². The Kier molecular flexibility index (Phi) is 5.26. The van der Waals surface area contributed by atoms with E-state index in [0.29, 0.717) is 6.04 Å². The van der Waals surface area contributed by atoms with Crippen molar-refractivity contribution in [2.45, 2.75) is 32.4 Å². The summed E-state index contributed by atoms with van der Waals surface area (Å²) in [4.78, 5) is 4.47. The number of fused-ring (bicyclic) bond motifs is 1. The number of nitrogens with one attached hydrogen (secondary N) is 3. The van der Waals surface area contributed by atoms with Crippen molar-refractivity contribution in [3.05, 3.63) is 41.0 Å². The third-order valence-electron chi connectivity index (χ3n) is 4.45. The average molecular weight is 319 g/mol. The third-order valence-corrected chi connectivity index (χ3v) is 4.77. The Labute approximate surface area is 136 Å². The lowest BCUT2D eigenvalue weighted by Gasteiger charge is -2.13. The van der Waals surface area contributed by atoms with E-state index in [0.717, 1.165) is 41.5 Å². The molecule has 1 saturated heterocycles. The van der Waals surface area contributed by atoms with Crippen molar-refractivity contribution in [3.8, 4) is 0 Å². The minimum absolute atomic E-state index is 0.574. The van der Waals surface area contributed by atoms with Gasteiger partial charge in [0, 0.05) is 35.7 Å². The van der Waals surface area contributed by atoms with Gasteiger partial charge < -0.3 is 5.32 Å². The first-order valence-electron chi connectivity index (χ1n) is 7.97. The molecule has 2 aromatic rings. The number of nitrogens with zero attached hydrogens (tertiary/aromatic N) is 1. The van der Waals surface area contributed by atoms with E-state index in [9.17, 15) is 0 Å². The van der Waals surface area contributed by atoms with E-state index in [-0.39, 0.29) is 0 Å². The van der Waals surface area contributed by atoms with E-state index < -0.39 is 0 Å². The summed E-state index contributed by atoms with van der Waals surface area (Å²) in [5, 5.41) is 5.32. The third kappa shape index (κ3) is 3.58. The van der Waals surface area contributed by atoms with Gasteiger partial charge in [-0.15, -0.1) is 0 Å². The topological polar surface area (TPSA) is 49.0 Å². The second-order valence-corrected chi connectivity index (χ2v) is 6.41. The highest BCUT2D eigenvalue weighted by atomic mass is 35.5. The highest BCUT2D eigenvalue weighted by Crippen LogP contribution is 2.24. The van der Waals surface area contributed by atoms with Gasteiger partial charge in [-0.05, 0) is 56.0 Å². The number of hydrogen-bond donors (Lipinski definition) is 3. The summed E-state index contributed by atoms with van der Waals surface area (Å²) in [6.07, 6.45) is 4.26. The van der Waals surface area contributed by atoms with Crippen LogP contribution in [0.4, 0.5) is 0 Å². The van der Waals surface area contributed by atoms with Crippen LogP contribution in [0.3, 0.4) is 0 Å².